The lowest BCUT2D eigenvalue weighted by Crippen LogP contribution is -1.90. The normalized spacial score (nSPS) is 11.0. The number of fused-ring (bicyclic) bond motifs is 1. The van der Waals surface area contributed by atoms with E-state index in [9.17, 15) is 4.39 Å². The summed E-state index contributed by atoms with van der Waals surface area (Å²) in [6.07, 6.45) is 0. The van der Waals surface area contributed by atoms with Gasteiger partial charge in [-0.3, -0.25) is 0 Å². The fourth-order valence-electron chi connectivity index (χ4n) is 1.97. The van der Waals surface area contributed by atoms with Crippen molar-refractivity contribution in [3.8, 4) is 5.75 Å². The molecule has 6 heteroatoms. The van der Waals surface area contributed by atoms with Gasteiger partial charge in [0, 0.05) is 16.6 Å². The van der Waals surface area contributed by atoms with E-state index in [0.717, 1.165) is 16.8 Å². The topological polar surface area (TPSA) is 63.9 Å². The predicted molar refractivity (Wildman–Crippen MR) is 82.2 cm³/mol. The van der Waals surface area contributed by atoms with Gasteiger partial charge in [-0.25, -0.2) is 9.37 Å². The first-order chi connectivity index (χ1) is 10.2. The Balaban J connectivity index is 1.92. The molecule has 21 heavy (non-hydrogen) atoms. The Bertz CT molecular complexity index is 788. The molecule has 0 aliphatic rings. The first-order valence-corrected chi connectivity index (χ1v) is 7.33. The summed E-state index contributed by atoms with van der Waals surface area (Å²) < 4.78 is 18.7. The Labute approximate surface area is 125 Å². The smallest absolute Gasteiger partial charge is 0.171 e. The van der Waals surface area contributed by atoms with Gasteiger partial charge < -0.3 is 15.5 Å². The van der Waals surface area contributed by atoms with Gasteiger partial charge in [-0.1, -0.05) is 0 Å². The van der Waals surface area contributed by atoms with Gasteiger partial charge in [-0.15, -0.1) is 0 Å². The zero-order valence-corrected chi connectivity index (χ0v) is 12.2. The maximum absolute atomic E-state index is 13.3. The number of anilines is 1. The van der Waals surface area contributed by atoms with Crippen LogP contribution in [0.2, 0.25) is 0 Å². The average Bonchev–Trinajstić information content (AvgIpc) is 2.85. The fraction of sp³-hybridized carbons (Fsp3) is 0.133. The molecule has 0 radical (unpaired) electrons. The lowest BCUT2D eigenvalue weighted by molar-refractivity contribution is 0.340. The third-order valence-electron chi connectivity index (χ3n) is 2.92. The molecule has 0 atom stereocenters. The quantitative estimate of drug-likeness (QED) is 0.719. The summed E-state index contributed by atoms with van der Waals surface area (Å²) in [5.41, 5.74) is 8.07. The Morgan fingerprint density at radius 3 is 2.95 bits per heavy atom. The molecule has 2 aromatic carbocycles. The van der Waals surface area contributed by atoms with E-state index in [-0.39, 0.29) is 5.82 Å². The predicted octanol–water partition coefficient (Wildman–Crippen LogP) is 3.83. The largest absolute Gasteiger partial charge is 0.494 e. The molecule has 0 aliphatic carbocycles. The molecule has 4 nitrogen and oxygen atoms in total. The van der Waals surface area contributed by atoms with Gasteiger partial charge in [-0.05, 0) is 49.0 Å². The van der Waals surface area contributed by atoms with Gasteiger partial charge in [0.05, 0.1) is 17.6 Å². The summed E-state index contributed by atoms with van der Waals surface area (Å²) in [5.74, 6) is 0.469. The highest BCUT2D eigenvalue weighted by Gasteiger charge is 2.09. The maximum Gasteiger partial charge on any atom is 0.171 e. The van der Waals surface area contributed by atoms with Crippen LogP contribution >= 0.6 is 11.8 Å². The number of H-pyrrole nitrogens is 1. The molecule has 0 amide bonds. The average molecular weight is 303 g/mol. The van der Waals surface area contributed by atoms with Crippen molar-refractivity contribution in [3.05, 3.63) is 42.2 Å². The van der Waals surface area contributed by atoms with Crippen molar-refractivity contribution in [2.24, 2.45) is 0 Å². The van der Waals surface area contributed by atoms with E-state index in [4.69, 9.17) is 10.5 Å². The minimum Gasteiger partial charge on any atom is -0.494 e. The van der Waals surface area contributed by atoms with Crippen LogP contribution in [0.25, 0.3) is 11.0 Å². The summed E-state index contributed by atoms with van der Waals surface area (Å²) in [5, 5.41) is 0.663. The molecule has 0 saturated heterocycles. The molecule has 108 valence electrons. The van der Waals surface area contributed by atoms with Crippen LogP contribution < -0.4 is 10.5 Å². The van der Waals surface area contributed by atoms with E-state index < -0.39 is 0 Å². The second-order valence-electron chi connectivity index (χ2n) is 4.44. The van der Waals surface area contributed by atoms with Crippen molar-refractivity contribution < 1.29 is 9.13 Å². The van der Waals surface area contributed by atoms with E-state index in [1.54, 1.807) is 6.07 Å². The standard InChI is InChI=1S/C15H14FN3OS/c1-2-20-10-4-6-12-13(8-10)19-15(18-12)21-14-7-9(16)3-5-11(14)17/h3-8H,2,17H2,1H3,(H,18,19). The lowest BCUT2D eigenvalue weighted by Gasteiger charge is -2.02. The van der Waals surface area contributed by atoms with Crippen molar-refractivity contribution in [3.63, 3.8) is 0 Å². The first kappa shape index (κ1) is 13.8. The number of aromatic nitrogens is 2. The second-order valence-corrected chi connectivity index (χ2v) is 5.47. The Morgan fingerprint density at radius 2 is 2.14 bits per heavy atom. The zero-order valence-electron chi connectivity index (χ0n) is 11.4. The maximum atomic E-state index is 13.3. The number of benzene rings is 2. The number of rotatable bonds is 4. The number of hydrogen-bond acceptors (Lipinski definition) is 4. The summed E-state index contributed by atoms with van der Waals surface area (Å²) in [6.45, 7) is 2.55. The summed E-state index contributed by atoms with van der Waals surface area (Å²) in [7, 11) is 0. The summed E-state index contributed by atoms with van der Waals surface area (Å²) >= 11 is 1.30. The Hall–Kier alpha value is -2.21. The van der Waals surface area contributed by atoms with E-state index >= 15 is 0 Å². The molecule has 1 aromatic heterocycles. The van der Waals surface area contributed by atoms with Gasteiger partial charge >= 0.3 is 0 Å². The van der Waals surface area contributed by atoms with Gasteiger partial charge in [0.15, 0.2) is 5.16 Å². The highest BCUT2D eigenvalue weighted by Crippen LogP contribution is 2.32. The van der Waals surface area contributed by atoms with Gasteiger partial charge in [0.25, 0.3) is 0 Å². The number of ether oxygens (including phenoxy) is 1. The van der Waals surface area contributed by atoms with E-state index in [1.165, 1.54) is 23.9 Å². The molecule has 0 saturated carbocycles. The first-order valence-electron chi connectivity index (χ1n) is 6.51. The molecule has 0 spiro atoms. The number of nitrogen functional groups attached to an aromatic ring is 1. The van der Waals surface area contributed by atoms with Crippen LogP contribution in [0.5, 0.6) is 5.75 Å². The molecule has 0 bridgehead atoms. The highest BCUT2D eigenvalue weighted by atomic mass is 32.2. The van der Waals surface area contributed by atoms with Gasteiger partial charge in [-0.2, -0.15) is 0 Å². The molecule has 0 unspecified atom stereocenters. The van der Waals surface area contributed by atoms with Crippen molar-refractivity contribution in [1.82, 2.24) is 9.97 Å². The van der Waals surface area contributed by atoms with E-state index in [2.05, 4.69) is 9.97 Å². The zero-order chi connectivity index (χ0) is 14.8. The Morgan fingerprint density at radius 1 is 1.29 bits per heavy atom. The van der Waals surface area contributed by atoms with Crippen molar-refractivity contribution in [1.29, 1.82) is 0 Å². The van der Waals surface area contributed by atoms with Crippen LogP contribution in [0, 0.1) is 5.82 Å². The number of nitrogens with one attached hydrogen (secondary N) is 1. The van der Waals surface area contributed by atoms with E-state index in [1.807, 2.05) is 25.1 Å². The number of aromatic amines is 1. The number of nitrogens with zero attached hydrogens (tertiary/aromatic N) is 1. The Kier molecular flexibility index (Phi) is 3.70. The minimum atomic E-state index is -0.318. The minimum absolute atomic E-state index is 0.318. The SMILES string of the molecule is CCOc1ccc2nc(Sc3cc(F)ccc3N)[nH]c2c1. The molecular weight excluding hydrogens is 289 g/mol. The number of imidazole rings is 1. The van der Waals surface area contributed by atoms with Crippen LogP contribution in [0.15, 0.2) is 46.5 Å². The molecular formula is C15H14FN3OS. The van der Waals surface area contributed by atoms with E-state index in [0.29, 0.717) is 22.3 Å². The summed E-state index contributed by atoms with van der Waals surface area (Å²) in [4.78, 5) is 8.28. The second kappa shape index (κ2) is 5.65. The third kappa shape index (κ3) is 2.95. The molecule has 0 aliphatic heterocycles. The monoisotopic (exact) mass is 303 g/mol. The molecule has 3 N–H and O–H groups in total. The van der Waals surface area contributed by atoms with Crippen molar-refractivity contribution in [2.75, 3.05) is 12.3 Å². The highest BCUT2D eigenvalue weighted by molar-refractivity contribution is 7.99. The number of hydrogen-bond donors (Lipinski definition) is 2. The van der Waals surface area contributed by atoms with Crippen LogP contribution in [0.3, 0.4) is 0 Å². The summed E-state index contributed by atoms with van der Waals surface area (Å²) in [6, 6.07) is 9.94. The van der Waals surface area contributed by atoms with Gasteiger partial charge in [0.1, 0.15) is 11.6 Å². The fourth-order valence-corrected chi connectivity index (χ4v) is 2.84. The molecule has 3 aromatic rings. The van der Waals surface area contributed by atoms with Crippen LogP contribution in [0.1, 0.15) is 6.92 Å². The number of halogens is 1. The van der Waals surface area contributed by atoms with Crippen LogP contribution in [-0.2, 0) is 0 Å². The van der Waals surface area contributed by atoms with Crippen molar-refractivity contribution in [2.45, 2.75) is 17.0 Å². The van der Waals surface area contributed by atoms with Gasteiger partial charge in [0.2, 0.25) is 0 Å². The van der Waals surface area contributed by atoms with Crippen molar-refractivity contribution >= 4 is 28.5 Å². The van der Waals surface area contributed by atoms with Crippen LogP contribution in [-0.4, -0.2) is 16.6 Å². The number of nitrogens with two attached hydrogens (primary N) is 1. The lowest BCUT2D eigenvalue weighted by atomic mass is 10.3. The third-order valence-corrected chi connectivity index (χ3v) is 3.89. The molecule has 3 rings (SSSR count). The van der Waals surface area contributed by atoms with Crippen LogP contribution in [0.4, 0.5) is 10.1 Å². The molecule has 1 heterocycles. The molecule has 0 fully saturated rings.